The number of methoxy groups -OCH3 is 1. The molecule has 2 rings (SSSR count). The molecule has 0 aliphatic heterocycles. The van der Waals surface area contributed by atoms with Gasteiger partial charge in [0.05, 0.1) is 17.9 Å². The predicted octanol–water partition coefficient (Wildman–Crippen LogP) is 0.897. The summed E-state index contributed by atoms with van der Waals surface area (Å²) in [6.45, 7) is 3.88. The fraction of sp³-hybridized carbons (Fsp3) is 0.455. The summed E-state index contributed by atoms with van der Waals surface area (Å²) in [5.41, 5.74) is 1.85. The highest BCUT2D eigenvalue weighted by atomic mass is 16.5. The third-order valence-corrected chi connectivity index (χ3v) is 3.14. The van der Waals surface area contributed by atoms with Gasteiger partial charge < -0.3 is 9.30 Å². The second kappa shape index (κ2) is 3.37. The third-order valence-electron chi connectivity index (χ3n) is 3.14. The van der Waals surface area contributed by atoms with E-state index < -0.39 is 0 Å². The molecule has 0 unspecified atom stereocenters. The van der Waals surface area contributed by atoms with Crippen molar-refractivity contribution in [1.29, 1.82) is 0 Å². The maximum atomic E-state index is 12.0. The average Bonchev–Trinajstić information content (AvgIpc) is 2.49. The lowest BCUT2D eigenvalue weighted by molar-refractivity contribution is 0.388. The Hall–Kier alpha value is -1.78. The number of fused-ring (bicyclic) bond motifs is 1. The van der Waals surface area contributed by atoms with E-state index >= 15 is 0 Å². The minimum absolute atomic E-state index is 0.0861. The van der Waals surface area contributed by atoms with E-state index in [1.54, 1.807) is 14.2 Å². The molecular formula is C11H15N3O2. The van der Waals surface area contributed by atoms with Crippen LogP contribution in [0.3, 0.4) is 0 Å². The monoisotopic (exact) mass is 221 g/mol. The van der Waals surface area contributed by atoms with Crippen molar-refractivity contribution in [2.24, 2.45) is 14.1 Å². The Kier molecular flexibility index (Phi) is 2.26. The van der Waals surface area contributed by atoms with E-state index in [9.17, 15) is 4.79 Å². The highest BCUT2D eigenvalue weighted by Crippen LogP contribution is 2.27. The molecule has 0 bridgehead atoms. The summed E-state index contributed by atoms with van der Waals surface area (Å²) < 4.78 is 8.52. The van der Waals surface area contributed by atoms with Gasteiger partial charge in [0.25, 0.3) is 5.56 Å². The largest absolute Gasteiger partial charge is 0.479 e. The van der Waals surface area contributed by atoms with Crippen molar-refractivity contribution < 1.29 is 4.74 Å². The SMILES string of the molecule is COc1nn(C)c(=O)c2c(C)n(C)c(C)c12. The second-order valence-electron chi connectivity index (χ2n) is 3.92. The van der Waals surface area contributed by atoms with Gasteiger partial charge >= 0.3 is 0 Å². The van der Waals surface area contributed by atoms with E-state index in [2.05, 4.69) is 5.10 Å². The van der Waals surface area contributed by atoms with Crippen LogP contribution in [0, 0.1) is 13.8 Å². The molecule has 0 radical (unpaired) electrons. The summed E-state index contributed by atoms with van der Waals surface area (Å²) in [4.78, 5) is 12.0. The Balaban J connectivity index is 3.12. The number of hydrogen-bond donors (Lipinski definition) is 0. The quantitative estimate of drug-likeness (QED) is 0.718. The van der Waals surface area contributed by atoms with E-state index in [0.29, 0.717) is 11.3 Å². The smallest absolute Gasteiger partial charge is 0.276 e. The average molecular weight is 221 g/mol. The molecule has 5 heteroatoms. The number of aryl methyl sites for hydroxylation is 3. The van der Waals surface area contributed by atoms with Crippen LogP contribution in [0.5, 0.6) is 5.88 Å². The van der Waals surface area contributed by atoms with Gasteiger partial charge in [-0.3, -0.25) is 4.79 Å². The first kappa shape index (κ1) is 10.7. The van der Waals surface area contributed by atoms with Crippen LogP contribution in [0.15, 0.2) is 4.79 Å². The number of rotatable bonds is 1. The standard InChI is InChI=1S/C11H15N3O2/c1-6-8-9(7(2)13(6)3)11(15)14(4)12-10(8)16-5/h1-5H3. The fourth-order valence-electron chi connectivity index (χ4n) is 2.01. The molecule has 0 aromatic carbocycles. The molecule has 0 N–H and O–H groups in total. The predicted molar refractivity (Wildman–Crippen MR) is 62.0 cm³/mol. The lowest BCUT2D eigenvalue weighted by atomic mass is 10.2. The highest BCUT2D eigenvalue weighted by Gasteiger charge is 2.18. The molecular weight excluding hydrogens is 206 g/mol. The summed E-state index contributed by atoms with van der Waals surface area (Å²) in [7, 11) is 5.13. The third kappa shape index (κ3) is 1.17. The molecule has 0 saturated carbocycles. The van der Waals surface area contributed by atoms with E-state index in [4.69, 9.17) is 4.74 Å². The first-order chi connectivity index (χ1) is 7.49. The Morgan fingerprint density at radius 2 is 1.69 bits per heavy atom. The summed E-state index contributed by atoms with van der Waals surface area (Å²) in [6, 6.07) is 0. The van der Waals surface area contributed by atoms with E-state index in [0.717, 1.165) is 16.8 Å². The van der Waals surface area contributed by atoms with Crippen LogP contribution in [0.4, 0.5) is 0 Å². The second-order valence-corrected chi connectivity index (χ2v) is 3.92. The van der Waals surface area contributed by atoms with Gasteiger partial charge in [0.1, 0.15) is 0 Å². The van der Waals surface area contributed by atoms with Crippen LogP contribution in [-0.4, -0.2) is 21.5 Å². The molecule has 0 spiro atoms. The molecule has 0 saturated heterocycles. The molecule has 0 aliphatic rings. The van der Waals surface area contributed by atoms with Crippen LogP contribution in [-0.2, 0) is 14.1 Å². The van der Waals surface area contributed by atoms with Crippen molar-refractivity contribution in [3.8, 4) is 5.88 Å². The van der Waals surface area contributed by atoms with Crippen LogP contribution in [0.2, 0.25) is 0 Å². The van der Waals surface area contributed by atoms with Gasteiger partial charge in [-0.15, -0.1) is 5.10 Å². The van der Waals surface area contributed by atoms with Crippen molar-refractivity contribution in [3.05, 3.63) is 21.7 Å². The van der Waals surface area contributed by atoms with Crippen LogP contribution in [0.1, 0.15) is 11.4 Å². The van der Waals surface area contributed by atoms with E-state index in [-0.39, 0.29) is 5.56 Å². The Labute approximate surface area is 93.2 Å². The fourth-order valence-corrected chi connectivity index (χ4v) is 2.01. The minimum Gasteiger partial charge on any atom is -0.479 e. The number of nitrogens with zero attached hydrogens (tertiary/aromatic N) is 3. The summed E-state index contributed by atoms with van der Waals surface area (Å²) in [5, 5.41) is 5.60. The van der Waals surface area contributed by atoms with Crippen molar-refractivity contribution in [2.75, 3.05) is 7.11 Å². The molecule has 2 heterocycles. The first-order valence-electron chi connectivity index (χ1n) is 5.06. The van der Waals surface area contributed by atoms with E-state index in [1.807, 2.05) is 25.5 Å². The number of ether oxygens (including phenoxy) is 1. The van der Waals surface area contributed by atoms with Crippen molar-refractivity contribution in [3.63, 3.8) is 0 Å². The van der Waals surface area contributed by atoms with Gasteiger partial charge in [0.2, 0.25) is 5.88 Å². The molecule has 0 fully saturated rings. The summed E-state index contributed by atoms with van der Waals surface area (Å²) in [6.07, 6.45) is 0. The van der Waals surface area contributed by atoms with Crippen LogP contribution in [0.25, 0.3) is 10.8 Å². The normalized spacial score (nSPS) is 11.1. The van der Waals surface area contributed by atoms with Gasteiger partial charge in [-0.05, 0) is 13.8 Å². The van der Waals surface area contributed by atoms with Crippen molar-refractivity contribution >= 4 is 10.8 Å². The molecule has 5 nitrogen and oxygen atoms in total. The van der Waals surface area contributed by atoms with E-state index in [1.165, 1.54) is 4.68 Å². The minimum atomic E-state index is -0.0861. The maximum Gasteiger partial charge on any atom is 0.276 e. The molecule has 0 aliphatic carbocycles. The van der Waals surface area contributed by atoms with Gasteiger partial charge in [-0.25, -0.2) is 4.68 Å². The Morgan fingerprint density at radius 3 is 2.25 bits per heavy atom. The topological polar surface area (TPSA) is 49.1 Å². The molecule has 2 aromatic rings. The van der Waals surface area contributed by atoms with Gasteiger partial charge in [0, 0.05) is 25.5 Å². The summed E-state index contributed by atoms with van der Waals surface area (Å²) in [5.74, 6) is 0.498. The molecule has 0 atom stereocenters. The number of hydrogen-bond acceptors (Lipinski definition) is 3. The lowest BCUT2D eigenvalue weighted by Gasteiger charge is -2.04. The van der Waals surface area contributed by atoms with Gasteiger partial charge in [-0.2, -0.15) is 0 Å². The lowest BCUT2D eigenvalue weighted by Crippen LogP contribution is -2.20. The maximum absolute atomic E-state index is 12.0. The van der Waals surface area contributed by atoms with Crippen molar-refractivity contribution in [2.45, 2.75) is 13.8 Å². The highest BCUT2D eigenvalue weighted by molar-refractivity contribution is 5.91. The first-order valence-corrected chi connectivity index (χ1v) is 5.06. The van der Waals surface area contributed by atoms with Crippen LogP contribution >= 0.6 is 0 Å². The Morgan fingerprint density at radius 1 is 1.12 bits per heavy atom. The zero-order valence-electron chi connectivity index (χ0n) is 10.2. The van der Waals surface area contributed by atoms with Gasteiger partial charge in [-0.1, -0.05) is 0 Å². The van der Waals surface area contributed by atoms with Gasteiger partial charge in [0.15, 0.2) is 0 Å². The summed E-state index contributed by atoms with van der Waals surface area (Å²) >= 11 is 0. The van der Waals surface area contributed by atoms with Crippen LogP contribution < -0.4 is 10.3 Å². The zero-order chi connectivity index (χ0) is 12.0. The number of aromatic nitrogens is 3. The zero-order valence-corrected chi connectivity index (χ0v) is 10.2. The molecule has 0 amide bonds. The Bertz CT molecular complexity index is 622. The molecule has 2 aromatic heterocycles. The molecule has 86 valence electrons. The molecule has 16 heavy (non-hydrogen) atoms. The van der Waals surface area contributed by atoms with Crippen molar-refractivity contribution in [1.82, 2.24) is 14.3 Å².